The molecule has 0 aliphatic heterocycles. The summed E-state index contributed by atoms with van der Waals surface area (Å²) in [6, 6.07) is 0. The fourth-order valence-corrected chi connectivity index (χ4v) is 2.24. The topological polar surface area (TPSA) is 103 Å². The van der Waals surface area contributed by atoms with Crippen LogP contribution in [-0.2, 0) is 14.6 Å². The Morgan fingerprint density at radius 2 is 2.00 bits per heavy atom. The molecule has 5 nitrogen and oxygen atoms in total. The Morgan fingerprint density at radius 3 is 2.38 bits per heavy atom. The Bertz CT molecular complexity index is 261. The molecular weight excluding hydrogens is 192 g/mol. The molecule has 1 unspecified atom stereocenters. The quantitative estimate of drug-likeness (QED) is 0.585. The summed E-state index contributed by atoms with van der Waals surface area (Å²) in [4.78, 5) is 10.4. The van der Waals surface area contributed by atoms with Crippen LogP contribution in [0.5, 0.6) is 0 Å². The van der Waals surface area contributed by atoms with E-state index in [9.17, 15) is 13.2 Å². The van der Waals surface area contributed by atoms with E-state index in [1.165, 1.54) is 0 Å². The number of carbonyl (C=O) groups is 1. The highest BCUT2D eigenvalue weighted by Crippen LogP contribution is 2.06. The van der Waals surface area contributed by atoms with E-state index < -0.39 is 21.0 Å². The van der Waals surface area contributed by atoms with Gasteiger partial charge in [-0.2, -0.15) is 0 Å². The third-order valence-corrected chi connectivity index (χ3v) is 4.05. The number of primary amides is 1. The van der Waals surface area contributed by atoms with Crippen LogP contribution in [0.25, 0.3) is 0 Å². The predicted octanol–water partition coefficient (Wildman–Crippen LogP) is -0.986. The minimum atomic E-state index is -3.20. The van der Waals surface area contributed by atoms with E-state index in [0.29, 0.717) is 13.0 Å². The van der Waals surface area contributed by atoms with Gasteiger partial charge < -0.3 is 11.5 Å². The van der Waals surface area contributed by atoms with E-state index in [1.807, 2.05) is 0 Å². The number of amides is 1. The summed E-state index contributed by atoms with van der Waals surface area (Å²) >= 11 is 0. The molecule has 0 saturated heterocycles. The van der Waals surface area contributed by atoms with Crippen molar-refractivity contribution in [2.45, 2.75) is 25.0 Å². The molecule has 4 N–H and O–H groups in total. The molecule has 0 aliphatic carbocycles. The Kier molecular flexibility index (Phi) is 4.94. The molecule has 0 aromatic heterocycles. The summed E-state index contributed by atoms with van der Waals surface area (Å²) in [6.45, 7) is 1.92. The summed E-state index contributed by atoms with van der Waals surface area (Å²) in [6.07, 6.45) is 0.304. The van der Waals surface area contributed by atoms with Crippen LogP contribution < -0.4 is 11.5 Å². The van der Waals surface area contributed by atoms with Crippen LogP contribution in [0.4, 0.5) is 0 Å². The first-order valence-corrected chi connectivity index (χ1v) is 5.81. The van der Waals surface area contributed by atoms with Crippen molar-refractivity contribution in [2.24, 2.45) is 11.5 Å². The lowest BCUT2D eigenvalue weighted by Gasteiger charge is -2.10. The predicted molar refractivity (Wildman–Crippen MR) is 50.7 cm³/mol. The zero-order valence-corrected chi connectivity index (χ0v) is 8.51. The maximum Gasteiger partial charge on any atom is 0.218 e. The molecule has 0 aromatic rings. The number of sulfone groups is 1. The van der Waals surface area contributed by atoms with Crippen molar-refractivity contribution in [1.82, 2.24) is 0 Å². The second-order valence-corrected chi connectivity index (χ2v) is 5.51. The average molecular weight is 208 g/mol. The zero-order chi connectivity index (χ0) is 10.5. The van der Waals surface area contributed by atoms with Gasteiger partial charge in [0.05, 0.1) is 11.0 Å². The Balaban J connectivity index is 4.15. The molecule has 13 heavy (non-hydrogen) atoms. The lowest BCUT2D eigenvalue weighted by molar-refractivity contribution is -0.117. The molecule has 0 bridgehead atoms. The SMILES string of the molecule is CC(CCN)S(=O)(=O)CCC(N)=O. The summed E-state index contributed by atoms with van der Waals surface area (Å²) in [5.74, 6) is -0.771. The van der Waals surface area contributed by atoms with Crippen LogP contribution in [0.3, 0.4) is 0 Å². The molecule has 0 spiro atoms. The van der Waals surface area contributed by atoms with Gasteiger partial charge in [0.15, 0.2) is 9.84 Å². The fraction of sp³-hybridized carbons (Fsp3) is 0.857. The highest BCUT2D eigenvalue weighted by Gasteiger charge is 2.20. The van der Waals surface area contributed by atoms with Crippen LogP contribution >= 0.6 is 0 Å². The first-order chi connectivity index (χ1) is 5.90. The van der Waals surface area contributed by atoms with E-state index in [1.54, 1.807) is 6.92 Å². The third-order valence-electron chi connectivity index (χ3n) is 1.82. The number of hydrogen-bond acceptors (Lipinski definition) is 4. The number of rotatable bonds is 6. The Morgan fingerprint density at radius 1 is 1.46 bits per heavy atom. The minimum absolute atomic E-state index is 0.114. The largest absolute Gasteiger partial charge is 0.370 e. The Hall–Kier alpha value is -0.620. The van der Waals surface area contributed by atoms with Crippen molar-refractivity contribution in [3.8, 4) is 0 Å². The van der Waals surface area contributed by atoms with Crippen molar-refractivity contribution < 1.29 is 13.2 Å². The van der Waals surface area contributed by atoms with Crippen molar-refractivity contribution in [2.75, 3.05) is 12.3 Å². The van der Waals surface area contributed by atoms with E-state index in [4.69, 9.17) is 11.5 Å². The van der Waals surface area contributed by atoms with Gasteiger partial charge in [0.2, 0.25) is 5.91 Å². The van der Waals surface area contributed by atoms with Gasteiger partial charge in [0, 0.05) is 6.42 Å². The maximum atomic E-state index is 11.4. The lowest BCUT2D eigenvalue weighted by atomic mass is 10.3. The van der Waals surface area contributed by atoms with Crippen molar-refractivity contribution in [1.29, 1.82) is 0 Å². The molecule has 1 atom stereocenters. The van der Waals surface area contributed by atoms with Gasteiger partial charge in [-0.3, -0.25) is 4.79 Å². The second-order valence-electron chi connectivity index (χ2n) is 2.97. The molecular formula is C7H16N2O3S. The fourth-order valence-electron chi connectivity index (χ4n) is 0.858. The molecule has 0 heterocycles. The maximum absolute atomic E-state index is 11.4. The Labute approximate surface area is 78.4 Å². The average Bonchev–Trinajstić information content (AvgIpc) is 2.01. The molecule has 78 valence electrons. The van der Waals surface area contributed by atoms with Crippen molar-refractivity contribution in [3.63, 3.8) is 0 Å². The van der Waals surface area contributed by atoms with Crippen LogP contribution in [-0.4, -0.2) is 31.9 Å². The molecule has 0 fully saturated rings. The van der Waals surface area contributed by atoms with E-state index in [2.05, 4.69) is 0 Å². The van der Waals surface area contributed by atoms with Crippen molar-refractivity contribution >= 4 is 15.7 Å². The van der Waals surface area contributed by atoms with E-state index in [0.717, 1.165) is 0 Å². The highest BCUT2D eigenvalue weighted by atomic mass is 32.2. The summed E-state index contributed by atoms with van der Waals surface area (Å²) < 4.78 is 22.7. The number of nitrogens with two attached hydrogens (primary N) is 2. The monoisotopic (exact) mass is 208 g/mol. The molecule has 0 aromatic carbocycles. The van der Waals surface area contributed by atoms with Crippen LogP contribution in [0.1, 0.15) is 19.8 Å². The van der Waals surface area contributed by atoms with Crippen LogP contribution in [0.2, 0.25) is 0 Å². The van der Waals surface area contributed by atoms with Crippen molar-refractivity contribution in [3.05, 3.63) is 0 Å². The first-order valence-electron chi connectivity index (χ1n) is 4.10. The van der Waals surface area contributed by atoms with E-state index in [-0.39, 0.29) is 12.2 Å². The normalized spacial score (nSPS) is 14.0. The van der Waals surface area contributed by atoms with Gasteiger partial charge in [-0.1, -0.05) is 0 Å². The summed E-state index contributed by atoms with van der Waals surface area (Å²) in [7, 11) is -3.20. The molecule has 0 saturated carbocycles. The smallest absolute Gasteiger partial charge is 0.218 e. The van der Waals surface area contributed by atoms with Gasteiger partial charge in [0.25, 0.3) is 0 Å². The molecule has 0 rings (SSSR count). The highest BCUT2D eigenvalue weighted by molar-refractivity contribution is 7.92. The molecule has 0 radical (unpaired) electrons. The third kappa shape index (κ3) is 4.84. The van der Waals surface area contributed by atoms with Gasteiger partial charge in [-0.15, -0.1) is 0 Å². The minimum Gasteiger partial charge on any atom is -0.370 e. The molecule has 1 amide bonds. The number of carbonyl (C=O) groups excluding carboxylic acids is 1. The van der Waals surface area contributed by atoms with E-state index >= 15 is 0 Å². The van der Waals surface area contributed by atoms with Gasteiger partial charge in [-0.25, -0.2) is 8.42 Å². The molecule has 0 aliphatic rings. The number of hydrogen-bond donors (Lipinski definition) is 2. The first kappa shape index (κ1) is 12.4. The van der Waals surface area contributed by atoms with Crippen LogP contribution in [0, 0.1) is 0 Å². The van der Waals surface area contributed by atoms with Gasteiger partial charge in [0.1, 0.15) is 0 Å². The zero-order valence-electron chi connectivity index (χ0n) is 7.69. The van der Waals surface area contributed by atoms with Gasteiger partial charge >= 0.3 is 0 Å². The lowest BCUT2D eigenvalue weighted by Crippen LogP contribution is -2.26. The van der Waals surface area contributed by atoms with Crippen LogP contribution in [0.15, 0.2) is 0 Å². The summed E-state index contributed by atoms with van der Waals surface area (Å²) in [5, 5.41) is -0.489. The molecule has 6 heteroatoms. The van der Waals surface area contributed by atoms with Gasteiger partial charge in [-0.05, 0) is 19.9 Å². The standard InChI is InChI=1S/C7H16N2O3S/c1-6(2-4-8)13(11,12)5-3-7(9)10/h6H,2-5,8H2,1H3,(H2,9,10). The second kappa shape index (κ2) is 5.18. The summed E-state index contributed by atoms with van der Waals surface area (Å²) in [5.41, 5.74) is 10.1.